The number of phenols is 2. The summed E-state index contributed by atoms with van der Waals surface area (Å²) in [6, 6.07) is 13.5. The number of ketones is 1. The van der Waals surface area contributed by atoms with E-state index in [1.807, 2.05) is 48.1 Å². The van der Waals surface area contributed by atoms with Gasteiger partial charge < -0.3 is 24.3 Å². The van der Waals surface area contributed by atoms with E-state index in [2.05, 4.69) is 4.98 Å². The minimum absolute atomic E-state index is 0.0261. The Balaban J connectivity index is 1.62. The predicted octanol–water partition coefficient (Wildman–Crippen LogP) is 4.39. The molecule has 0 atom stereocenters. The molecule has 0 saturated heterocycles. The number of aromatic nitrogens is 2. The first-order chi connectivity index (χ1) is 14.5. The van der Waals surface area contributed by atoms with Gasteiger partial charge in [-0.1, -0.05) is 18.2 Å². The molecule has 0 saturated carbocycles. The Morgan fingerprint density at radius 2 is 1.93 bits per heavy atom. The lowest BCUT2D eigenvalue weighted by atomic mass is 10.1. The second kappa shape index (κ2) is 6.66. The van der Waals surface area contributed by atoms with E-state index in [1.165, 1.54) is 6.07 Å². The topological polar surface area (TPSA) is 93.8 Å². The highest BCUT2D eigenvalue weighted by molar-refractivity contribution is 6.16. The van der Waals surface area contributed by atoms with Crippen LogP contribution < -0.4 is 9.47 Å². The van der Waals surface area contributed by atoms with E-state index < -0.39 is 5.78 Å². The SMILES string of the molecule is Cn1cc(C=C2Oc3cc(O)cc(O)c3C2=O)c2c(Oc3ccccc3)ccnc21. The monoisotopic (exact) mass is 400 g/mol. The predicted molar refractivity (Wildman–Crippen MR) is 110 cm³/mol. The van der Waals surface area contributed by atoms with Crippen LogP contribution in [-0.2, 0) is 7.05 Å². The molecule has 0 amide bonds. The maximum absolute atomic E-state index is 12.8. The molecule has 30 heavy (non-hydrogen) atoms. The van der Waals surface area contributed by atoms with Crippen LogP contribution in [0.4, 0.5) is 0 Å². The molecule has 0 fully saturated rings. The Morgan fingerprint density at radius 3 is 2.73 bits per heavy atom. The van der Waals surface area contributed by atoms with Gasteiger partial charge in [-0.05, 0) is 24.3 Å². The number of phenolic OH excluding ortho intramolecular Hbond substituents is 2. The van der Waals surface area contributed by atoms with E-state index in [9.17, 15) is 15.0 Å². The largest absolute Gasteiger partial charge is 0.508 e. The number of aryl methyl sites for hydroxylation is 1. The summed E-state index contributed by atoms with van der Waals surface area (Å²) in [7, 11) is 1.85. The third kappa shape index (κ3) is 2.84. The summed E-state index contributed by atoms with van der Waals surface area (Å²) in [6.45, 7) is 0. The number of hydrogen-bond donors (Lipinski definition) is 2. The minimum Gasteiger partial charge on any atom is -0.508 e. The molecule has 0 aliphatic carbocycles. The number of ether oxygens (including phenoxy) is 2. The average molecular weight is 400 g/mol. The number of para-hydroxylation sites is 1. The van der Waals surface area contributed by atoms with Crippen LogP contribution in [0.2, 0.25) is 0 Å². The number of carbonyl (C=O) groups is 1. The molecule has 1 aliphatic heterocycles. The first-order valence-electron chi connectivity index (χ1n) is 9.18. The number of aromatic hydroxyl groups is 2. The fraction of sp³-hybridized carbons (Fsp3) is 0.0435. The van der Waals surface area contributed by atoms with Crippen molar-refractivity contribution in [3.05, 3.63) is 77.8 Å². The number of carbonyl (C=O) groups excluding carboxylic acids is 1. The molecule has 4 aromatic rings. The summed E-state index contributed by atoms with van der Waals surface area (Å²) in [5.74, 6) is 0.430. The highest BCUT2D eigenvalue weighted by Crippen LogP contribution is 2.41. The zero-order valence-corrected chi connectivity index (χ0v) is 15.9. The molecule has 0 unspecified atom stereocenters. The van der Waals surface area contributed by atoms with E-state index >= 15 is 0 Å². The summed E-state index contributed by atoms with van der Waals surface area (Å²) in [4.78, 5) is 17.2. The summed E-state index contributed by atoms with van der Waals surface area (Å²) in [5, 5.41) is 20.4. The van der Waals surface area contributed by atoms with Gasteiger partial charge in [-0.2, -0.15) is 0 Å². The number of fused-ring (bicyclic) bond motifs is 2. The van der Waals surface area contributed by atoms with Crippen molar-refractivity contribution in [2.45, 2.75) is 0 Å². The van der Waals surface area contributed by atoms with Crippen LogP contribution in [0.15, 0.2) is 66.7 Å². The van der Waals surface area contributed by atoms with E-state index in [-0.39, 0.29) is 28.6 Å². The van der Waals surface area contributed by atoms with Crippen molar-refractivity contribution in [3.63, 3.8) is 0 Å². The standard InChI is InChI=1S/C23H16N2O5/c1-25-12-13(9-19-22(28)21-16(27)10-14(26)11-18(21)30-19)20-17(7-8-24-23(20)25)29-15-5-3-2-4-6-15/h2-12,26-27H,1H3. The molecule has 7 nitrogen and oxygen atoms in total. The van der Waals surface area contributed by atoms with Gasteiger partial charge in [-0.15, -0.1) is 0 Å². The number of nitrogens with zero attached hydrogens (tertiary/aromatic N) is 2. The van der Waals surface area contributed by atoms with E-state index in [0.29, 0.717) is 22.7 Å². The molecule has 0 bridgehead atoms. The highest BCUT2D eigenvalue weighted by Gasteiger charge is 2.31. The van der Waals surface area contributed by atoms with Gasteiger partial charge in [0.15, 0.2) is 5.76 Å². The molecule has 7 heteroatoms. The molecule has 0 spiro atoms. The molecular formula is C23H16N2O5. The zero-order valence-electron chi connectivity index (χ0n) is 15.9. The van der Waals surface area contributed by atoms with Gasteiger partial charge in [0, 0.05) is 37.1 Å². The molecule has 5 rings (SSSR count). The zero-order chi connectivity index (χ0) is 20.8. The van der Waals surface area contributed by atoms with Crippen molar-refractivity contribution in [1.29, 1.82) is 0 Å². The fourth-order valence-electron chi connectivity index (χ4n) is 3.54. The Bertz CT molecular complexity index is 1340. The Hall–Kier alpha value is -4.26. The van der Waals surface area contributed by atoms with Crippen molar-refractivity contribution in [1.82, 2.24) is 9.55 Å². The van der Waals surface area contributed by atoms with Crippen LogP contribution in [0.3, 0.4) is 0 Å². The normalized spacial score (nSPS) is 14.2. The molecule has 2 N–H and O–H groups in total. The van der Waals surface area contributed by atoms with Gasteiger partial charge in [-0.3, -0.25) is 4.79 Å². The summed E-state index contributed by atoms with van der Waals surface area (Å²) < 4.78 is 13.5. The summed E-state index contributed by atoms with van der Waals surface area (Å²) in [5.41, 5.74) is 1.38. The van der Waals surface area contributed by atoms with Gasteiger partial charge in [-0.25, -0.2) is 4.98 Å². The van der Waals surface area contributed by atoms with Crippen LogP contribution in [0.25, 0.3) is 17.1 Å². The maximum Gasteiger partial charge on any atom is 0.235 e. The summed E-state index contributed by atoms with van der Waals surface area (Å²) in [6.07, 6.45) is 5.06. The number of pyridine rings is 1. The van der Waals surface area contributed by atoms with Gasteiger partial charge in [0.25, 0.3) is 0 Å². The molecule has 0 radical (unpaired) electrons. The van der Waals surface area contributed by atoms with Gasteiger partial charge in [0.1, 0.15) is 40.0 Å². The third-order valence-corrected chi connectivity index (χ3v) is 4.84. The van der Waals surface area contributed by atoms with Gasteiger partial charge in [0.2, 0.25) is 5.78 Å². The van der Waals surface area contributed by atoms with Crippen molar-refractivity contribution >= 4 is 22.9 Å². The molecule has 2 aromatic carbocycles. The molecule has 2 aromatic heterocycles. The number of allylic oxidation sites excluding steroid dienone is 1. The third-order valence-electron chi connectivity index (χ3n) is 4.84. The molecule has 1 aliphatic rings. The van der Waals surface area contributed by atoms with E-state index in [4.69, 9.17) is 9.47 Å². The second-order valence-corrected chi connectivity index (χ2v) is 6.90. The number of hydrogen-bond acceptors (Lipinski definition) is 6. The lowest BCUT2D eigenvalue weighted by Crippen LogP contribution is -1.98. The van der Waals surface area contributed by atoms with Crippen LogP contribution in [0, 0.1) is 0 Å². The minimum atomic E-state index is -0.464. The lowest BCUT2D eigenvalue weighted by molar-refractivity contribution is 0.101. The van der Waals surface area contributed by atoms with Gasteiger partial charge in [0.05, 0.1) is 5.39 Å². The quantitative estimate of drug-likeness (QED) is 0.495. The Morgan fingerprint density at radius 1 is 1.13 bits per heavy atom. The second-order valence-electron chi connectivity index (χ2n) is 6.90. The number of benzene rings is 2. The Labute approximate surface area is 171 Å². The van der Waals surface area contributed by atoms with E-state index in [0.717, 1.165) is 11.5 Å². The van der Waals surface area contributed by atoms with E-state index in [1.54, 1.807) is 18.3 Å². The van der Waals surface area contributed by atoms with Gasteiger partial charge >= 0.3 is 0 Å². The highest BCUT2D eigenvalue weighted by atomic mass is 16.5. The van der Waals surface area contributed by atoms with Crippen molar-refractivity contribution in [3.8, 4) is 28.7 Å². The molecule has 148 valence electrons. The molecular weight excluding hydrogens is 384 g/mol. The van der Waals surface area contributed by atoms with Crippen LogP contribution in [0.5, 0.6) is 28.7 Å². The Kier molecular flexibility index (Phi) is 3.96. The first-order valence-corrected chi connectivity index (χ1v) is 9.18. The number of Topliss-reactive ketones (excluding diaryl/α,β-unsaturated/α-hetero) is 1. The van der Waals surface area contributed by atoms with Crippen LogP contribution in [0.1, 0.15) is 15.9 Å². The van der Waals surface area contributed by atoms with Crippen LogP contribution in [-0.4, -0.2) is 25.5 Å². The van der Waals surface area contributed by atoms with Crippen molar-refractivity contribution < 1.29 is 24.5 Å². The van der Waals surface area contributed by atoms with Crippen molar-refractivity contribution in [2.75, 3.05) is 0 Å². The first kappa shape index (κ1) is 17.8. The lowest BCUT2D eigenvalue weighted by Gasteiger charge is -2.07. The molecule has 3 heterocycles. The summed E-state index contributed by atoms with van der Waals surface area (Å²) >= 11 is 0. The maximum atomic E-state index is 12.8. The number of rotatable bonds is 3. The smallest absolute Gasteiger partial charge is 0.235 e. The van der Waals surface area contributed by atoms with Crippen LogP contribution >= 0.6 is 0 Å². The van der Waals surface area contributed by atoms with Crippen molar-refractivity contribution in [2.24, 2.45) is 7.05 Å². The average Bonchev–Trinajstić information content (AvgIpc) is 3.20. The fourth-order valence-corrected chi connectivity index (χ4v) is 3.54.